The first-order valence-corrected chi connectivity index (χ1v) is 5.97. The maximum absolute atomic E-state index is 11.9. The van der Waals surface area contributed by atoms with Crippen LogP contribution >= 0.6 is 0 Å². The second-order valence-electron chi connectivity index (χ2n) is 5.01. The van der Waals surface area contributed by atoms with Crippen molar-refractivity contribution in [3.63, 3.8) is 0 Å². The predicted molar refractivity (Wildman–Crippen MR) is 64.9 cm³/mol. The van der Waals surface area contributed by atoms with E-state index < -0.39 is 5.60 Å². The van der Waals surface area contributed by atoms with Crippen LogP contribution in [0.2, 0.25) is 0 Å². The number of carbonyl (C=O) groups is 1. The van der Waals surface area contributed by atoms with Crippen LogP contribution in [0.4, 0.5) is 0 Å². The van der Waals surface area contributed by atoms with Gasteiger partial charge in [-0.2, -0.15) is 0 Å². The summed E-state index contributed by atoms with van der Waals surface area (Å²) in [5, 5.41) is 0. The molecule has 0 aromatic heterocycles. The van der Waals surface area contributed by atoms with Gasteiger partial charge in [-0.1, -0.05) is 18.2 Å². The van der Waals surface area contributed by atoms with Crippen LogP contribution in [0.25, 0.3) is 0 Å². The van der Waals surface area contributed by atoms with Gasteiger partial charge in [-0.25, -0.2) is 4.79 Å². The van der Waals surface area contributed by atoms with Crippen molar-refractivity contribution in [2.24, 2.45) is 0 Å². The van der Waals surface area contributed by atoms with Crippen molar-refractivity contribution in [1.82, 2.24) is 0 Å². The molecule has 1 aromatic rings. The van der Waals surface area contributed by atoms with E-state index in [0.717, 1.165) is 19.4 Å². The van der Waals surface area contributed by atoms with Gasteiger partial charge in [0.2, 0.25) is 0 Å². The molecule has 1 aromatic carbocycles. The van der Waals surface area contributed by atoms with Gasteiger partial charge in [0.15, 0.2) is 0 Å². The highest BCUT2D eigenvalue weighted by molar-refractivity contribution is 5.89. The minimum absolute atomic E-state index is 0.257. The minimum Gasteiger partial charge on any atom is -0.456 e. The summed E-state index contributed by atoms with van der Waals surface area (Å²) in [6, 6.07) is 9.08. The van der Waals surface area contributed by atoms with E-state index in [1.54, 1.807) is 12.1 Å². The molecule has 1 saturated heterocycles. The Bertz CT molecular complexity index is 380. The molecule has 1 fully saturated rings. The van der Waals surface area contributed by atoms with Crippen molar-refractivity contribution < 1.29 is 14.3 Å². The number of carbonyl (C=O) groups excluding carboxylic acids is 1. The Labute approximate surface area is 102 Å². The highest BCUT2D eigenvalue weighted by atomic mass is 16.6. The third-order valence-corrected chi connectivity index (χ3v) is 2.85. The van der Waals surface area contributed by atoms with Crippen LogP contribution < -0.4 is 0 Å². The van der Waals surface area contributed by atoms with Crippen molar-refractivity contribution in [3.8, 4) is 0 Å². The lowest BCUT2D eigenvalue weighted by atomic mass is 10.0. The summed E-state index contributed by atoms with van der Waals surface area (Å²) in [6.07, 6.45) is 2.16. The van der Waals surface area contributed by atoms with E-state index in [1.165, 1.54) is 0 Å². The first-order valence-electron chi connectivity index (χ1n) is 5.97. The molecule has 3 heteroatoms. The molecule has 1 aliphatic heterocycles. The second kappa shape index (κ2) is 4.88. The van der Waals surface area contributed by atoms with Crippen LogP contribution in [-0.4, -0.2) is 24.3 Å². The minimum atomic E-state index is -0.432. The van der Waals surface area contributed by atoms with E-state index in [9.17, 15) is 4.79 Å². The largest absolute Gasteiger partial charge is 0.456 e. The monoisotopic (exact) mass is 234 g/mol. The number of benzene rings is 1. The highest BCUT2D eigenvalue weighted by Crippen LogP contribution is 2.24. The lowest BCUT2D eigenvalue weighted by Gasteiger charge is -2.24. The molecule has 0 bridgehead atoms. The molecular weight excluding hydrogens is 216 g/mol. The topological polar surface area (TPSA) is 38.8 Å². The molecule has 3 nitrogen and oxygen atoms in total. The van der Waals surface area contributed by atoms with Crippen LogP contribution in [0.1, 0.15) is 37.0 Å². The average molecular weight is 234 g/mol. The predicted octanol–water partition coefficient (Wildman–Crippen LogP) is 2.80. The third kappa shape index (κ3) is 3.86. The Balaban J connectivity index is 1.87. The molecule has 1 heterocycles. The lowest BCUT2D eigenvalue weighted by molar-refractivity contribution is -0.00602. The lowest BCUT2D eigenvalue weighted by Crippen LogP contribution is -2.28. The zero-order valence-corrected chi connectivity index (χ0v) is 10.3. The molecule has 0 spiro atoms. The highest BCUT2D eigenvalue weighted by Gasteiger charge is 2.29. The van der Waals surface area contributed by atoms with Crippen LogP contribution in [0.15, 0.2) is 30.3 Å². The van der Waals surface area contributed by atoms with Gasteiger partial charge < -0.3 is 9.47 Å². The van der Waals surface area contributed by atoms with Gasteiger partial charge in [0, 0.05) is 0 Å². The Morgan fingerprint density at radius 3 is 2.65 bits per heavy atom. The molecule has 0 radical (unpaired) electrons. The van der Waals surface area contributed by atoms with Crippen LogP contribution in [0.3, 0.4) is 0 Å². The molecule has 17 heavy (non-hydrogen) atoms. The SMILES string of the molecule is CC(C)(CCC1CO1)OC(=O)c1ccccc1. The molecule has 1 atom stereocenters. The van der Waals surface area contributed by atoms with E-state index in [-0.39, 0.29) is 5.97 Å². The molecule has 2 rings (SSSR count). The molecule has 0 saturated carbocycles. The Hall–Kier alpha value is -1.35. The van der Waals surface area contributed by atoms with Gasteiger partial charge in [0.05, 0.1) is 18.3 Å². The van der Waals surface area contributed by atoms with Crippen LogP contribution in [-0.2, 0) is 9.47 Å². The molecule has 0 aliphatic carbocycles. The van der Waals surface area contributed by atoms with Crippen LogP contribution in [0.5, 0.6) is 0 Å². The zero-order chi connectivity index (χ0) is 12.3. The third-order valence-electron chi connectivity index (χ3n) is 2.85. The first kappa shape index (κ1) is 12.1. The van der Waals surface area contributed by atoms with E-state index in [0.29, 0.717) is 11.7 Å². The summed E-state index contributed by atoms with van der Waals surface area (Å²) in [4.78, 5) is 11.9. The quantitative estimate of drug-likeness (QED) is 0.581. The first-order chi connectivity index (χ1) is 8.07. The Morgan fingerprint density at radius 2 is 2.06 bits per heavy atom. The maximum atomic E-state index is 11.9. The van der Waals surface area contributed by atoms with E-state index in [2.05, 4.69) is 0 Å². The summed E-state index contributed by atoms with van der Waals surface area (Å²) >= 11 is 0. The molecule has 0 amide bonds. The van der Waals surface area contributed by atoms with Gasteiger partial charge in [-0.3, -0.25) is 0 Å². The van der Waals surface area contributed by atoms with Crippen molar-refractivity contribution in [2.75, 3.05) is 6.61 Å². The molecule has 92 valence electrons. The fraction of sp³-hybridized carbons (Fsp3) is 0.500. The maximum Gasteiger partial charge on any atom is 0.338 e. The van der Waals surface area contributed by atoms with Gasteiger partial charge in [0.25, 0.3) is 0 Å². The molecule has 1 aliphatic rings. The number of esters is 1. The fourth-order valence-electron chi connectivity index (χ4n) is 1.68. The van der Waals surface area contributed by atoms with E-state index in [1.807, 2.05) is 32.0 Å². The Kier molecular flexibility index (Phi) is 3.48. The fourth-order valence-corrected chi connectivity index (χ4v) is 1.68. The number of epoxide rings is 1. The number of hydrogen-bond acceptors (Lipinski definition) is 3. The van der Waals surface area contributed by atoms with Crippen molar-refractivity contribution in [1.29, 1.82) is 0 Å². The number of hydrogen-bond donors (Lipinski definition) is 0. The van der Waals surface area contributed by atoms with Gasteiger partial charge in [-0.05, 0) is 38.8 Å². The smallest absolute Gasteiger partial charge is 0.338 e. The van der Waals surface area contributed by atoms with E-state index in [4.69, 9.17) is 9.47 Å². The van der Waals surface area contributed by atoms with Gasteiger partial charge >= 0.3 is 5.97 Å². The normalized spacial score (nSPS) is 18.8. The number of ether oxygens (including phenoxy) is 2. The average Bonchev–Trinajstić information content (AvgIpc) is 3.11. The number of rotatable bonds is 5. The van der Waals surface area contributed by atoms with Crippen LogP contribution in [0, 0.1) is 0 Å². The second-order valence-corrected chi connectivity index (χ2v) is 5.01. The molecular formula is C14H18O3. The summed E-state index contributed by atoms with van der Waals surface area (Å²) in [5.74, 6) is -0.257. The van der Waals surface area contributed by atoms with Crippen molar-refractivity contribution in [2.45, 2.75) is 38.4 Å². The molecule has 0 N–H and O–H groups in total. The zero-order valence-electron chi connectivity index (χ0n) is 10.3. The van der Waals surface area contributed by atoms with Crippen molar-refractivity contribution >= 4 is 5.97 Å². The van der Waals surface area contributed by atoms with Gasteiger partial charge in [0.1, 0.15) is 5.60 Å². The Morgan fingerprint density at radius 1 is 1.41 bits per heavy atom. The standard InChI is InChI=1S/C14H18O3/c1-14(2,9-8-12-10-16-12)17-13(15)11-6-4-3-5-7-11/h3-7,12H,8-10H2,1-2H3. The summed E-state index contributed by atoms with van der Waals surface area (Å²) in [6.45, 7) is 4.73. The summed E-state index contributed by atoms with van der Waals surface area (Å²) in [5.41, 5.74) is 0.169. The molecule has 1 unspecified atom stereocenters. The van der Waals surface area contributed by atoms with Gasteiger partial charge in [-0.15, -0.1) is 0 Å². The van der Waals surface area contributed by atoms with E-state index >= 15 is 0 Å². The summed E-state index contributed by atoms with van der Waals surface area (Å²) in [7, 11) is 0. The summed E-state index contributed by atoms with van der Waals surface area (Å²) < 4.78 is 10.7. The van der Waals surface area contributed by atoms with Crippen molar-refractivity contribution in [3.05, 3.63) is 35.9 Å².